The Kier molecular flexibility index (Phi) is 4.02. The van der Waals surface area contributed by atoms with Crippen LogP contribution in [0.3, 0.4) is 0 Å². The molecule has 0 spiro atoms. The summed E-state index contributed by atoms with van der Waals surface area (Å²) in [6.07, 6.45) is 3.62. The van der Waals surface area contributed by atoms with E-state index < -0.39 is 0 Å². The third-order valence-electron chi connectivity index (χ3n) is 2.52. The van der Waals surface area contributed by atoms with Gasteiger partial charge in [0.2, 0.25) is 0 Å². The van der Waals surface area contributed by atoms with Gasteiger partial charge in [0, 0.05) is 13.1 Å². The highest BCUT2D eigenvalue weighted by Gasteiger charge is 2.23. The van der Waals surface area contributed by atoms with E-state index in [-0.39, 0.29) is 6.10 Å². The Morgan fingerprint density at radius 2 is 2.17 bits per heavy atom. The molecular formula is C10H21NO. The van der Waals surface area contributed by atoms with Gasteiger partial charge < -0.3 is 10.0 Å². The molecule has 0 radical (unpaired) electrons. The van der Waals surface area contributed by atoms with Crippen LogP contribution in [0.4, 0.5) is 0 Å². The topological polar surface area (TPSA) is 23.5 Å². The molecule has 1 atom stereocenters. The Morgan fingerprint density at radius 3 is 2.58 bits per heavy atom. The van der Waals surface area contributed by atoms with E-state index in [1.165, 1.54) is 19.4 Å². The van der Waals surface area contributed by atoms with Gasteiger partial charge in [-0.2, -0.15) is 0 Å². The molecule has 1 aliphatic carbocycles. The van der Waals surface area contributed by atoms with Crippen LogP contribution in [0.1, 0.15) is 33.1 Å². The summed E-state index contributed by atoms with van der Waals surface area (Å²) in [5, 5.41) is 9.12. The highest BCUT2D eigenvalue weighted by atomic mass is 16.3. The van der Waals surface area contributed by atoms with Crippen LogP contribution in [0.2, 0.25) is 0 Å². The molecule has 0 aromatic rings. The first-order chi connectivity index (χ1) is 5.72. The van der Waals surface area contributed by atoms with Gasteiger partial charge in [0.15, 0.2) is 0 Å². The average Bonchev–Trinajstić information content (AvgIpc) is 2.81. The molecule has 1 fully saturated rings. The van der Waals surface area contributed by atoms with Crippen molar-refractivity contribution in [3.8, 4) is 0 Å². The SMILES string of the molecule is CCN(CCC(C)O)CC1CC1. The zero-order valence-corrected chi connectivity index (χ0v) is 8.29. The Hall–Kier alpha value is -0.0800. The smallest absolute Gasteiger partial charge is 0.0524 e. The van der Waals surface area contributed by atoms with E-state index in [0.717, 1.165) is 25.4 Å². The minimum absolute atomic E-state index is 0.141. The van der Waals surface area contributed by atoms with E-state index >= 15 is 0 Å². The van der Waals surface area contributed by atoms with E-state index in [2.05, 4.69) is 11.8 Å². The van der Waals surface area contributed by atoms with Crippen LogP contribution in [-0.4, -0.2) is 35.7 Å². The van der Waals surface area contributed by atoms with Crippen molar-refractivity contribution in [3.63, 3.8) is 0 Å². The van der Waals surface area contributed by atoms with Crippen molar-refractivity contribution in [1.29, 1.82) is 0 Å². The van der Waals surface area contributed by atoms with E-state index in [4.69, 9.17) is 5.11 Å². The summed E-state index contributed by atoms with van der Waals surface area (Å²) in [5.41, 5.74) is 0. The third-order valence-corrected chi connectivity index (χ3v) is 2.52. The maximum atomic E-state index is 9.12. The molecule has 2 nitrogen and oxygen atoms in total. The van der Waals surface area contributed by atoms with E-state index in [1.807, 2.05) is 6.92 Å². The van der Waals surface area contributed by atoms with Crippen LogP contribution in [0.5, 0.6) is 0 Å². The minimum atomic E-state index is -0.141. The predicted molar refractivity (Wildman–Crippen MR) is 51.1 cm³/mol. The first kappa shape index (κ1) is 10.0. The summed E-state index contributed by atoms with van der Waals surface area (Å²) >= 11 is 0. The molecule has 12 heavy (non-hydrogen) atoms. The summed E-state index contributed by atoms with van der Waals surface area (Å²) < 4.78 is 0. The molecule has 1 aliphatic rings. The molecule has 1 saturated carbocycles. The number of hydrogen-bond acceptors (Lipinski definition) is 2. The fraction of sp³-hybridized carbons (Fsp3) is 1.00. The number of hydrogen-bond donors (Lipinski definition) is 1. The number of nitrogens with zero attached hydrogens (tertiary/aromatic N) is 1. The summed E-state index contributed by atoms with van der Waals surface area (Å²) in [7, 11) is 0. The number of aliphatic hydroxyl groups excluding tert-OH is 1. The molecule has 0 aromatic carbocycles. The average molecular weight is 171 g/mol. The molecule has 0 heterocycles. The summed E-state index contributed by atoms with van der Waals surface area (Å²) in [4.78, 5) is 2.45. The maximum Gasteiger partial charge on any atom is 0.0524 e. The minimum Gasteiger partial charge on any atom is -0.393 e. The first-order valence-electron chi connectivity index (χ1n) is 5.12. The lowest BCUT2D eigenvalue weighted by molar-refractivity contribution is 0.156. The molecule has 0 aromatic heterocycles. The lowest BCUT2D eigenvalue weighted by Crippen LogP contribution is -2.28. The van der Waals surface area contributed by atoms with Gasteiger partial charge in [-0.25, -0.2) is 0 Å². The van der Waals surface area contributed by atoms with Crippen LogP contribution < -0.4 is 0 Å². The second-order valence-electron chi connectivity index (χ2n) is 3.97. The molecule has 0 bridgehead atoms. The number of rotatable bonds is 6. The van der Waals surface area contributed by atoms with Gasteiger partial charge in [-0.1, -0.05) is 6.92 Å². The normalized spacial score (nSPS) is 20.0. The Bertz CT molecular complexity index is 121. The fourth-order valence-electron chi connectivity index (χ4n) is 1.41. The molecule has 1 unspecified atom stereocenters. The van der Waals surface area contributed by atoms with Crippen LogP contribution >= 0.6 is 0 Å². The van der Waals surface area contributed by atoms with Gasteiger partial charge in [-0.05, 0) is 38.6 Å². The summed E-state index contributed by atoms with van der Waals surface area (Å²) in [6, 6.07) is 0. The van der Waals surface area contributed by atoms with Crippen LogP contribution in [0.25, 0.3) is 0 Å². The van der Waals surface area contributed by atoms with Crippen molar-refractivity contribution in [2.24, 2.45) is 5.92 Å². The third kappa shape index (κ3) is 4.07. The van der Waals surface area contributed by atoms with Crippen molar-refractivity contribution in [2.45, 2.75) is 39.2 Å². The van der Waals surface area contributed by atoms with Gasteiger partial charge in [0.25, 0.3) is 0 Å². The van der Waals surface area contributed by atoms with Gasteiger partial charge >= 0.3 is 0 Å². The standard InChI is InChI=1S/C10H21NO/c1-3-11(7-6-9(2)12)8-10-4-5-10/h9-10,12H,3-8H2,1-2H3. The highest BCUT2D eigenvalue weighted by molar-refractivity contribution is 4.77. The fourth-order valence-corrected chi connectivity index (χ4v) is 1.41. The first-order valence-corrected chi connectivity index (χ1v) is 5.12. The molecule has 2 heteroatoms. The lowest BCUT2D eigenvalue weighted by Gasteiger charge is -2.20. The van der Waals surface area contributed by atoms with Gasteiger partial charge in [0.05, 0.1) is 6.10 Å². The lowest BCUT2D eigenvalue weighted by atomic mass is 10.2. The molecule has 0 aliphatic heterocycles. The predicted octanol–water partition coefficient (Wildman–Crippen LogP) is 1.49. The molecule has 1 rings (SSSR count). The van der Waals surface area contributed by atoms with Crippen molar-refractivity contribution in [3.05, 3.63) is 0 Å². The van der Waals surface area contributed by atoms with Crippen molar-refractivity contribution in [2.75, 3.05) is 19.6 Å². The second kappa shape index (κ2) is 4.83. The highest BCUT2D eigenvalue weighted by Crippen LogP contribution is 2.29. The molecule has 72 valence electrons. The van der Waals surface area contributed by atoms with Crippen LogP contribution in [0.15, 0.2) is 0 Å². The quantitative estimate of drug-likeness (QED) is 0.654. The molecule has 0 amide bonds. The maximum absolute atomic E-state index is 9.12. The van der Waals surface area contributed by atoms with Crippen molar-refractivity contribution >= 4 is 0 Å². The van der Waals surface area contributed by atoms with E-state index in [9.17, 15) is 0 Å². The van der Waals surface area contributed by atoms with E-state index in [0.29, 0.717) is 0 Å². The Morgan fingerprint density at radius 1 is 1.50 bits per heavy atom. The molecular weight excluding hydrogens is 150 g/mol. The number of aliphatic hydroxyl groups is 1. The molecule has 0 saturated heterocycles. The van der Waals surface area contributed by atoms with Gasteiger partial charge in [0.1, 0.15) is 0 Å². The van der Waals surface area contributed by atoms with Crippen molar-refractivity contribution < 1.29 is 5.11 Å². The molecule has 1 N–H and O–H groups in total. The van der Waals surface area contributed by atoms with Crippen molar-refractivity contribution in [1.82, 2.24) is 4.90 Å². The van der Waals surface area contributed by atoms with Crippen LogP contribution in [0, 0.1) is 5.92 Å². The summed E-state index contributed by atoms with van der Waals surface area (Å²) in [5.74, 6) is 0.971. The Balaban J connectivity index is 2.06. The Labute approximate surface area is 75.6 Å². The van der Waals surface area contributed by atoms with E-state index in [1.54, 1.807) is 0 Å². The van der Waals surface area contributed by atoms with Gasteiger partial charge in [-0.3, -0.25) is 0 Å². The zero-order chi connectivity index (χ0) is 8.97. The second-order valence-corrected chi connectivity index (χ2v) is 3.97. The zero-order valence-electron chi connectivity index (χ0n) is 8.29. The summed E-state index contributed by atoms with van der Waals surface area (Å²) in [6.45, 7) is 7.51. The monoisotopic (exact) mass is 171 g/mol. The largest absolute Gasteiger partial charge is 0.393 e. The van der Waals surface area contributed by atoms with Crippen LogP contribution in [-0.2, 0) is 0 Å². The van der Waals surface area contributed by atoms with Gasteiger partial charge in [-0.15, -0.1) is 0 Å².